The van der Waals surface area contributed by atoms with Gasteiger partial charge in [-0.15, -0.1) is 0 Å². The standard InChI is InChI=1S/C13H22O2/c1-10(2)6-5-7-11(3)8-13(15)9-12(4)14/h6,11H,5,7-9H2,1-4H3. The number of allylic oxidation sites excluding steroid dienone is 2. The van der Waals surface area contributed by atoms with Crippen molar-refractivity contribution in [2.75, 3.05) is 0 Å². The van der Waals surface area contributed by atoms with Gasteiger partial charge in [0.1, 0.15) is 11.6 Å². The van der Waals surface area contributed by atoms with Gasteiger partial charge in [0, 0.05) is 6.42 Å². The molecule has 86 valence electrons. The van der Waals surface area contributed by atoms with Crippen LogP contribution in [0.4, 0.5) is 0 Å². The van der Waals surface area contributed by atoms with Crippen LogP contribution >= 0.6 is 0 Å². The van der Waals surface area contributed by atoms with Crippen LogP contribution in [0.2, 0.25) is 0 Å². The molecule has 0 saturated carbocycles. The van der Waals surface area contributed by atoms with E-state index in [0.29, 0.717) is 12.3 Å². The van der Waals surface area contributed by atoms with Crippen molar-refractivity contribution in [2.24, 2.45) is 5.92 Å². The second-order valence-electron chi connectivity index (χ2n) is 4.59. The molecule has 1 atom stereocenters. The average Bonchev–Trinajstić information content (AvgIpc) is 2.00. The Labute approximate surface area is 92.8 Å². The maximum Gasteiger partial charge on any atom is 0.140 e. The topological polar surface area (TPSA) is 34.1 Å². The average molecular weight is 210 g/mol. The summed E-state index contributed by atoms with van der Waals surface area (Å²) in [4.78, 5) is 22.0. The molecule has 2 nitrogen and oxygen atoms in total. The second-order valence-corrected chi connectivity index (χ2v) is 4.59. The van der Waals surface area contributed by atoms with Crippen LogP contribution in [-0.2, 0) is 9.59 Å². The summed E-state index contributed by atoms with van der Waals surface area (Å²) in [7, 11) is 0. The van der Waals surface area contributed by atoms with Gasteiger partial charge in [-0.25, -0.2) is 0 Å². The summed E-state index contributed by atoms with van der Waals surface area (Å²) in [5, 5.41) is 0. The zero-order valence-electron chi connectivity index (χ0n) is 10.3. The second kappa shape index (κ2) is 7.38. The number of carbonyl (C=O) groups is 2. The van der Waals surface area contributed by atoms with Gasteiger partial charge in [0.25, 0.3) is 0 Å². The number of ketones is 2. The summed E-state index contributed by atoms with van der Waals surface area (Å²) < 4.78 is 0. The first-order chi connectivity index (χ1) is 6.91. The van der Waals surface area contributed by atoms with Gasteiger partial charge in [0.15, 0.2) is 0 Å². The van der Waals surface area contributed by atoms with Crippen LogP contribution in [0.5, 0.6) is 0 Å². The van der Waals surface area contributed by atoms with Crippen LogP contribution in [0.3, 0.4) is 0 Å². The lowest BCUT2D eigenvalue weighted by Gasteiger charge is -2.08. The molecule has 0 radical (unpaired) electrons. The van der Waals surface area contributed by atoms with Gasteiger partial charge >= 0.3 is 0 Å². The lowest BCUT2D eigenvalue weighted by atomic mass is 9.97. The van der Waals surface area contributed by atoms with Gasteiger partial charge in [0.2, 0.25) is 0 Å². The fourth-order valence-electron chi connectivity index (χ4n) is 1.50. The summed E-state index contributed by atoms with van der Waals surface area (Å²) in [5.74, 6) is 0.427. The van der Waals surface area contributed by atoms with E-state index in [4.69, 9.17) is 0 Å². The molecule has 1 unspecified atom stereocenters. The molecule has 0 aromatic heterocycles. The van der Waals surface area contributed by atoms with Crippen molar-refractivity contribution in [3.8, 4) is 0 Å². The minimum Gasteiger partial charge on any atom is -0.300 e. The molecule has 0 aliphatic carbocycles. The van der Waals surface area contributed by atoms with Crippen molar-refractivity contribution in [3.05, 3.63) is 11.6 Å². The lowest BCUT2D eigenvalue weighted by molar-refractivity contribution is -0.126. The predicted octanol–water partition coefficient (Wildman–Crippen LogP) is 3.31. The lowest BCUT2D eigenvalue weighted by Crippen LogP contribution is -2.09. The Hall–Kier alpha value is -0.920. The first-order valence-corrected chi connectivity index (χ1v) is 5.56. The molecule has 0 aromatic carbocycles. The summed E-state index contributed by atoms with van der Waals surface area (Å²) in [6.07, 6.45) is 4.88. The minimum absolute atomic E-state index is 0.0310. The molecule has 2 heteroatoms. The molecule has 0 aromatic rings. The van der Waals surface area contributed by atoms with E-state index in [2.05, 4.69) is 26.8 Å². The third kappa shape index (κ3) is 9.39. The zero-order valence-corrected chi connectivity index (χ0v) is 10.3. The Balaban J connectivity index is 3.73. The minimum atomic E-state index is -0.0310. The van der Waals surface area contributed by atoms with Gasteiger partial charge < -0.3 is 0 Å². The molecule has 0 fully saturated rings. The highest BCUT2D eigenvalue weighted by Gasteiger charge is 2.10. The van der Waals surface area contributed by atoms with Crippen LogP contribution < -0.4 is 0 Å². The predicted molar refractivity (Wildman–Crippen MR) is 62.8 cm³/mol. The Bertz CT molecular complexity index is 247. The van der Waals surface area contributed by atoms with Crippen molar-refractivity contribution in [2.45, 2.75) is 53.4 Å². The SMILES string of the molecule is CC(=O)CC(=O)CC(C)CCC=C(C)C. The molecule has 0 amide bonds. The number of carbonyl (C=O) groups excluding carboxylic acids is 2. The van der Waals surface area contributed by atoms with E-state index in [1.165, 1.54) is 12.5 Å². The molecule has 0 rings (SSSR count). The maximum absolute atomic E-state index is 11.3. The zero-order chi connectivity index (χ0) is 11.8. The van der Waals surface area contributed by atoms with E-state index in [1.54, 1.807) is 0 Å². The van der Waals surface area contributed by atoms with Crippen LogP contribution in [0, 0.1) is 5.92 Å². The van der Waals surface area contributed by atoms with Crippen molar-refractivity contribution in [3.63, 3.8) is 0 Å². The maximum atomic E-state index is 11.3. The molecular weight excluding hydrogens is 188 g/mol. The van der Waals surface area contributed by atoms with Crippen molar-refractivity contribution >= 4 is 11.6 Å². The number of hydrogen-bond acceptors (Lipinski definition) is 2. The first-order valence-electron chi connectivity index (χ1n) is 5.56. The summed E-state index contributed by atoms with van der Waals surface area (Å²) in [6, 6.07) is 0. The summed E-state index contributed by atoms with van der Waals surface area (Å²) >= 11 is 0. The van der Waals surface area contributed by atoms with Crippen molar-refractivity contribution in [1.29, 1.82) is 0 Å². The molecule has 0 saturated heterocycles. The van der Waals surface area contributed by atoms with Crippen molar-refractivity contribution < 1.29 is 9.59 Å². The monoisotopic (exact) mass is 210 g/mol. The molecule has 0 aliphatic rings. The Morgan fingerprint density at radius 1 is 1.20 bits per heavy atom. The van der Waals surface area contributed by atoms with E-state index in [0.717, 1.165) is 12.8 Å². The fraction of sp³-hybridized carbons (Fsp3) is 0.692. The molecule has 0 heterocycles. The van der Waals surface area contributed by atoms with E-state index in [1.807, 2.05) is 0 Å². The third-order valence-electron chi connectivity index (χ3n) is 2.23. The highest BCUT2D eigenvalue weighted by Crippen LogP contribution is 2.13. The molecule has 0 aliphatic heterocycles. The third-order valence-corrected chi connectivity index (χ3v) is 2.23. The molecule has 0 N–H and O–H groups in total. The van der Waals surface area contributed by atoms with Gasteiger partial charge in [-0.2, -0.15) is 0 Å². The van der Waals surface area contributed by atoms with Crippen LogP contribution in [0.15, 0.2) is 11.6 Å². The number of hydrogen-bond donors (Lipinski definition) is 0. The highest BCUT2D eigenvalue weighted by atomic mass is 16.1. The van der Waals surface area contributed by atoms with Crippen LogP contribution in [0.25, 0.3) is 0 Å². The quantitative estimate of drug-likeness (QED) is 0.477. The van der Waals surface area contributed by atoms with E-state index < -0.39 is 0 Å². The number of rotatable bonds is 7. The normalized spacial score (nSPS) is 12.0. The fourth-order valence-corrected chi connectivity index (χ4v) is 1.50. The highest BCUT2D eigenvalue weighted by molar-refractivity contribution is 5.97. The molecule has 0 spiro atoms. The number of Topliss-reactive ketones (excluding diaryl/α,β-unsaturated/α-hetero) is 2. The molecule has 0 bridgehead atoms. The van der Waals surface area contributed by atoms with Crippen LogP contribution in [0.1, 0.15) is 53.4 Å². The van der Waals surface area contributed by atoms with E-state index in [9.17, 15) is 9.59 Å². The largest absolute Gasteiger partial charge is 0.300 e. The summed E-state index contributed by atoms with van der Waals surface area (Å²) in [5.41, 5.74) is 1.32. The van der Waals surface area contributed by atoms with Gasteiger partial charge in [-0.05, 0) is 39.5 Å². The van der Waals surface area contributed by atoms with E-state index in [-0.39, 0.29) is 18.0 Å². The van der Waals surface area contributed by atoms with Gasteiger partial charge in [-0.1, -0.05) is 18.6 Å². The Morgan fingerprint density at radius 3 is 2.27 bits per heavy atom. The van der Waals surface area contributed by atoms with Crippen molar-refractivity contribution in [1.82, 2.24) is 0 Å². The molecule has 15 heavy (non-hydrogen) atoms. The first kappa shape index (κ1) is 14.1. The van der Waals surface area contributed by atoms with Crippen LogP contribution in [-0.4, -0.2) is 11.6 Å². The molecular formula is C13H22O2. The Kier molecular flexibility index (Phi) is 6.93. The smallest absolute Gasteiger partial charge is 0.140 e. The summed E-state index contributed by atoms with van der Waals surface area (Å²) in [6.45, 7) is 7.68. The van der Waals surface area contributed by atoms with Gasteiger partial charge in [0.05, 0.1) is 6.42 Å². The van der Waals surface area contributed by atoms with Gasteiger partial charge in [-0.3, -0.25) is 9.59 Å². The van der Waals surface area contributed by atoms with E-state index >= 15 is 0 Å². The Morgan fingerprint density at radius 2 is 1.80 bits per heavy atom.